The molecule has 4 aromatic heterocycles. The minimum atomic E-state index is 0.624. The molecule has 238 valence electrons. The standard InChI is InChI=1S/C46H28N4O/c1-2-10-29(11-3-1)30-18-22-33(23-19-30)49-39-15-7-4-12-34(39)37-26-31(20-24-41(37)49)32-21-25-42-38(27-32)35-13-5-8-16-40(35)50(42)46-47-28-44-45(48-46)36-14-6-9-17-43(36)51-44/h1-28H. The summed E-state index contributed by atoms with van der Waals surface area (Å²) < 4.78 is 10.6. The van der Waals surface area contributed by atoms with E-state index in [2.05, 4.69) is 149 Å². The highest BCUT2D eigenvalue weighted by Crippen LogP contribution is 2.38. The highest BCUT2D eigenvalue weighted by molar-refractivity contribution is 6.13. The second kappa shape index (κ2) is 10.8. The second-order valence-corrected chi connectivity index (χ2v) is 13.1. The lowest BCUT2D eigenvalue weighted by atomic mass is 10.0. The van der Waals surface area contributed by atoms with Crippen molar-refractivity contribution in [2.75, 3.05) is 0 Å². The van der Waals surface area contributed by atoms with Crippen LogP contribution in [0.15, 0.2) is 174 Å². The van der Waals surface area contributed by atoms with E-state index < -0.39 is 0 Å². The summed E-state index contributed by atoms with van der Waals surface area (Å²) >= 11 is 0. The maximum Gasteiger partial charge on any atom is 0.235 e. The molecule has 0 atom stereocenters. The molecule has 0 aliphatic rings. The summed E-state index contributed by atoms with van der Waals surface area (Å²) in [4.78, 5) is 9.84. The van der Waals surface area contributed by atoms with Crippen molar-refractivity contribution in [1.29, 1.82) is 0 Å². The molecule has 11 aromatic rings. The van der Waals surface area contributed by atoms with Crippen molar-refractivity contribution < 1.29 is 4.42 Å². The first-order chi connectivity index (χ1) is 25.3. The van der Waals surface area contributed by atoms with Gasteiger partial charge in [-0.15, -0.1) is 0 Å². The third kappa shape index (κ3) is 4.22. The first kappa shape index (κ1) is 27.9. The lowest BCUT2D eigenvalue weighted by molar-refractivity contribution is 0.665. The van der Waals surface area contributed by atoms with Gasteiger partial charge in [0.25, 0.3) is 0 Å². The Balaban J connectivity index is 1.06. The molecule has 4 heterocycles. The third-order valence-electron chi connectivity index (χ3n) is 10.2. The summed E-state index contributed by atoms with van der Waals surface area (Å²) in [5.41, 5.74) is 12.7. The van der Waals surface area contributed by atoms with Gasteiger partial charge in [-0.2, -0.15) is 0 Å². The van der Waals surface area contributed by atoms with E-state index in [0.29, 0.717) is 11.5 Å². The molecule has 7 aromatic carbocycles. The quantitative estimate of drug-likeness (QED) is 0.190. The molecule has 0 saturated heterocycles. The first-order valence-corrected chi connectivity index (χ1v) is 17.2. The SMILES string of the molecule is c1ccc(-c2ccc(-n3c4ccccc4c4cc(-c5ccc6c(c5)c5ccccc5n6-c5ncc6oc7ccccc7c6n5)ccc43)cc2)cc1. The largest absolute Gasteiger partial charge is 0.453 e. The Morgan fingerprint density at radius 1 is 0.392 bits per heavy atom. The van der Waals surface area contributed by atoms with Gasteiger partial charge < -0.3 is 8.98 Å². The number of aromatic nitrogens is 4. The zero-order chi connectivity index (χ0) is 33.5. The molecule has 0 spiro atoms. The fourth-order valence-corrected chi connectivity index (χ4v) is 7.84. The highest BCUT2D eigenvalue weighted by atomic mass is 16.3. The normalized spacial score (nSPS) is 11.9. The lowest BCUT2D eigenvalue weighted by Gasteiger charge is -2.10. The topological polar surface area (TPSA) is 48.8 Å². The van der Waals surface area contributed by atoms with Crippen LogP contribution in [0, 0.1) is 0 Å². The zero-order valence-corrected chi connectivity index (χ0v) is 27.4. The van der Waals surface area contributed by atoms with Gasteiger partial charge in [0.1, 0.15) is 11.1 Å². The van der Waals surface area contributed by atoms with Gasteiger partial charge in [-0.1, -0.05) is 103 Å². The summed E-state index contributed by atoms with van der Waals surface area (Å²) in [6, 6.07) is 58.2. The summed E-state index contributed by atoms with van der Waals surface area (Å²) in [6.45, 7) is 0. The molecule has 0 bridgehead atoms. The maximum atomic E-state index is 6.03. The van der Waals surface area contributed by atoms with E-state index in [9.17, 15) is 0 Å². The molecule has 51 heavy (non-hydrogen) atoms. The van der Waals surface area contributed by atoms with Crippen LogP contribution < -0.4 is 0 Å². The van der Waals surface area contributed by atoms with E-state index in [-0.39, 0.29) is 0 Å². The van der Waals surface area contributed by atoms with Crippen LogP contribution in [0.2, 0.25) is 0 Å². The second-order valence-electron chi connectivity index (χ2n) is 13.1. The van der Waals surface area contributed by atoms with Crippen LogP contribution in [0.5, 0.6) is 0 Å². The van der Waals surface area contributed by atoms with Crippen molar-refractivity contribution in [3.8, 4) is 33.9 Å². The number of rotatable bonds is 4. The van der Waals surface area contributed by atoms with Crippen LogP contribution in [0.3, 0.4) is 0 Å². The molecule has 11 rings (SSSR count). The van der Waals surface area contributed by atoms with E-state index >= 15 is 0 Å². The summed E-state index contributed by atoms with van der Waals surface area (Å²) in [6.07, 6.45) is 1.79. The van der Waals surface area contributed by atoms with Crippen molar-refractivity contribution in [1.82, 2.24) is 19.1 Å². The molecule has 0 unspecified atom stereocenters. The molecule has 0 amide bonds. The minimum Gasteiger partial charge on any atom is -0.453 e. The number of nitrogens with zero attached hydrogens (tertiary/aromatic N) is 4. The molecular weight excluding hydrogens is 625 g/mol. The lowest BCUT2D eigenvalue weighted by Crippen LogP contribution is -2.00. The molecule has 0 N–H and O–H groups in total. The van der Waals surface area contributed by atoms with E-state index in [0.717, 1.165) is 49.5 Å². The van der Waals surface area contributed by atoms with Crippen molar-refractivity contribution >= 4 is 65.7 Å². The Morgan fingerprint density at radius 3 is 1.63 bits per heavy atom. The molecule has 0 radical (unpaired) electrons. The van der Waals surface area contributed by atoms with Gasteiger partial charge in [-0.25, -0.2) is 9.97 Å². The molecular formula is C46H28N4O. The Labute approximate surface area is 292 Å². The van der Waals surface area contributed by atoms with Gasteiger partial charge in [0.05, 0.1) is 28.3 Å². The van der Waals surface area contributed by atoms with Crippen LogP contribution in [0.1, 0.15) is 0 Å². The van der Waals surface area contributed by atoms with Gasteiger partial charge >= 0.3 is 0 Å². The minimum absolute atomic E-state index is 0.624. The molecule has 5 heteroatoms. The average Bonchev–Trinajstić information content (AvgIpc) is 3.85. The number of furan rings is 1. The van der Waals surface area contributed by atoms with Crippen LogP contribution >= 0.6 is 0 Å². The van der Waals surface area contributed by atoms with Crippen molar-refractivity contribution in [2.24, 2.45) is 0 Å². The van der Waals surface area contributed by atoms with E-state index in [1.165, 1.54) is 38.5 Å². The Morgan fingerprint density at radius 2 is 0.922 bits per heavy atom. The maximum absolute atomic E-state index is 6.03. The Bertz CT molecular complexity index is 3130. The monoisotopic (exact) mass is 652 g/mol. The zero-order valence-electron chi connectivity index (χ0n) is 27.4. The van der Waals surface area contributed by atoms with Gasteiger partial charge in [0.2, 0.25) is 5.95 Å². The molecule has 0 aliphatic carbocycles. The van der Waals surface area contributed by atoms with E-state index in [1.807, 2.05) is 24.3 Å². The molecule has 0 aliphatic heterocycles. The fraction of sp³-hybridized carbons (Fsp3) is 0. The van der Waals surface area contributed by atoms with Crippen LogP contribution in [0.25, 0.3) is 99.6 Å². The summed E-state index contributed by atoms with van der Waals surface area (Å²) in [5.74, 6) is 0.624. The molecule has 5 nitrogen and oxygen atoms in total. The Hall–Kier alpha value is -6.98. The number of para-hydroxylation sites is 3. The Kier molecular flexibility index (Phi) is 5.89. The van der Waals surface area contributed by atoms with Gasteiger partial charge in [-0.3, -0.25) is 4.57 Å². The predicted octanol–water partition coefficient (Wildman–Crippen LogP) is 11.9. The number of fused-ring (bicyclic) bond motifs is 9. The first-order valence-electron chi connectivity index (χ1n) is 17.2. The molecule has 0 fully saturated rings. The summed E-state index contributed by atoms with van der Waals surface area (Å²) in [5, 5.41) is 5.77. The van der Waals surface area contributed by atoms with Gasteiger partial charge in [0.15, 0.2) is 5.58 Å². The predicted molar refractivity (Wildman–Crippen MR) is 209 cm³/mol. The van der Waals surface area contributed by atoms with Crippen molar-refractivity contribution in [3.05, 3.63) is 170 Å². The fourth-order valence-electron chi connectivity index (χ4n) is 7.84. The van der Waals surface area contributed by atoms with Crippen LogP contribution in [0.4, 0.5) is 0 Å². The average molecular weight is 653 g/mol. The number of benzene rings is 7. The number of hydrogen-bond acceptors (Lipinski definition) is 3. The van der Waals surface area contributed by atoms with Gasteiger partial charge in [0, 0.05) is 32.6 Å². The van der Waals surface area contributed by atoms with E-state index in [4.69, 9.17) is 14.4 Å². The van der Waals surface area contributed by atoms with Gasteiger partial charge in [-0.05, 0) is 82.9 Å². The smallest absolute Gasteiger partial charge is 0.235 e. The van der Waals surface area contributed by atoms with Crippen LogP contribution in [-0.4, -0.2) is 19.1 Å². The van der Waals surface area contributed by atoms with Crippen molar-refractivity contribution in [2.45, 2.75) is 0 Å². The van der Waals surface area contributed by atoms with E-state index in [1.54, 1.807) is 6.20 Å². The summed E-state index contributed by atoms with van der Waals surface area (Å²) in [7, 11) is 0. The molecule has 0 saturated carbocycles. The third-order valence-corrected chi connectivity index (χ3v) is 10.2. The highest BCUT2D eigenvalue weighted by Gasteiger charge is 2.18. The number of hydrogen-bond donors (Lipinski definition) is 0. The van der Waals surface area contributed by atoms with Crippen molar-refractivity contribution in [3.63, 3.8) is 0 Å². The van der Waals surface area contributed by atoms with Crippen LogP contribution in [-0.2, 0) is 0 Å².